The zero-order valence-corrected chi connectivity index (χ0v) is 15.5. The molecule has 25 heavy (non-hydrogen) atoms. The molecule has 4 nitrogen and oxygen atoms in total. The molecule has 1 aliphatic carbocycles. The molecule has 2 aromatic rings. The van der Waals surface area contributed by atoms with Crippen LogP contribution in [0.25, 0.3) is 0 Å². The number of halogens is 2. The molecule has 1 fully saturated rings. The Bertz CT molecular complexity index is 754. The minimum atomic E-state index is -0.259. The lowest BCUT2D eigenvalue weighted by atomic mass is 9.96. The number of nitrogens with one attached hydrogen (secondary N) is 1. The summed E-state index contributed by atoms with van der Waals surface area (Å²) < 4.78 is 5.46. The molecule has 132 valence electrons. The number of hydrogen-bond donors (Lipinski definition) is 1. The summed E-state index contributed by atoms with van der Waals surface area (Å²) in [5, 5.41) is 3.38. The Balaban J connectivity index is 1.82. The largest absolute Gasteiger partial charge is 0.496 e. The van der Waals surface area contributed by atoms with Gasteiger partial charge in [-0.2, -0.15) is 0 Å². The summed E-state index contributed by atoms with van der Waals surface area (Å²) in [4.78, 5) is 16.5. The van der Waals surface area contributed by atoms with Crippen LogP contribution in [0.4, 0.5) is 5.69 Å². The van der Waals surface area contributed by atoms with Crippen LogP contribution in [-0.2, 0) is 6.42 Å². The van der Waals surface area contributed by atoms with Crippen molar-refractivity contribution in [1.82, 2.24) is 4.98 Å². The van der Waals surface area contributed by atoms with E-state index in [0.717, 1.165) is 17.7 Å². The maximum atomic E-state index is 12.6. The Hall–Kier alpha value is -1.78. The summed E-state index contributed by atoms with van der Waals surface area (Å²) in [5.41, 5.74) is 1.99. The van der Waals surface area contributed by atoms with Crippen LogP contribution in [0.3, 0.4) is 0 Å². The van der Waals surface area contributed by atoms with E-state index in [9.17, 15) is 4.79 Å². The van der Waals surface area contributed by atoms with Gasteiger partial charge >= 0.3 is 0 Å². The number of nitrogens with zero attached hydrogens (tertiary/aromatic N) is 1. The quantitative estimate of drug-likeness (QED) is 0.759. The minimum absolute atomic E-state index is 0.259. The second kappa shape index (κ2) is 8.07. The average Bonchev–Trinajstić information content (AvgIpc) is 3.11. The van der Waals surface area contributed by atoms with Crippen molar-refractivity contribution in [3.05, 3.63) is 51.8 Å². The SMILES string of the molecule is COc1ccc(C(=O)Nc2c(Cl)cncc2Cl)cc1CC1CCCC1. The van der Waals surface area contributed by atoms with Crippen molar-refractivity contribution in [1.29, 1.82) is 0 Å². The van der Waals surface area contributed by atoms with Gasteiger partial charge < -0.3 is 10.1 Å². The van der Waals surface area contributed by atoms with E-state index in [1.807, 2.05) is 12.1 Å². The normalized spacial score (nSPS) is 14.5. The van der Waals surface area contributed by atoms with E-state index in [1.54, 1.807) is 13.2 Å². The number of hydrogen-bond acceptors (Lipinski definition) is 3. The predicted octanol–water partition coefficient (Wildman–Crippen LogP) is 5.38. The first-order chi connectivity index (χ1) is 12.1. The number of methoxy groups -OCH3 is 1. The van der Waals surface area contributed by atoms with Crippen LogP contribution in [0.15, 0.2) is 30.6 Å². The Morgan fingerprint density at radius 3 is 2.56 bits per heavy atom. The summed E-state index contributed by atoms with van der Waals surface area (Å²) >= 11 is 12.1. The highest BCUT2D eigenvalue weighted by Crippen LogP contribution is 2.32. The number of pyridine rings is 1. The Morgan fingerprint density at radius 1 is 1.24 bits per heavy atom. The number of ether oxygens (including phenoxy) is 1. The van der Waals surface area contributed by atoms with Crippen molar-refractivity contribution in [2.24, 2.45) is 5.92 Å². The van der Waals surface area contributed by atoms with Gasteiger partial charge in [0.15, 0.2) is 0 Å². The predicted molar refractivity (Wildman–Crippen MR) is 101 cm³/mol. The average molecular weight is 379 g/mol. The lowest BCUT2D eigenvalue weighted by molar-refractivity contribution is 0.102. The van der Waals surface area contributed by atoms with Crippen LogP contribution in [0.5, 0.6) is 5.75 Å². The van der Waals surface area contributed by atoms with Crippen molar-refractivity contribution in [3.8, 4) is 5.75 Å². The van der Waals surface area contributed by atoms with Gasteiger partial charge in [0.25, 0.3) is 5.91 Å². The lowest BCUT2D eigenvalue weighted by Crippen LogP contribution is -2.14. The molecule has 1 aliphatic rings. The van der Waals surface area contributed by atoms with Crippen molar-refractivity contribution < 1.29 is 9.53 Å². The number of benzene rings is 1. The van der Waals surface area contributed by atoms with E-state index in [0.29, 0.717) is 27.2 Å². The fourth-order valence-corrected chi connectivity index (χ4v) is 3.78. The van der Waals surface area contributed by atoms with Crippen LogP contribution in [0.2, 0.25) is 10.0 Å². The zero-order chi connectivity index (χ0) is 17.8. The molecule has 1 aromatic heterocycles. The molecule has 1 amide bonds. The van der Waals surface area contributed by atoms with Gasteiger partial charge in [-0.1, -0.05) is 48.9 Å². The lowest BCUT2D eigenvalue weighted by Gasteiger charge is -2.15. The van der Waals surface area contributed by atoms with Gasteiger partial charge in [-0.25, -0.2) is 0 Å². The molecule has 0 spiro atoms. The van der Waals surface area contributed by atoms with Crippen LogP contribution >= 0.6 is 23.2 Å². The van der Waals surface area contributed by atoms with Crippen LogP contribution in [0, 0.1) is 5.92 Å². The topological polar surface area (TPSA) is 51.2 Å². The van der Waals surface area contributed by atoms with Gasteiger partial charge in [-0.05, 0) is 36.1 Å². The second-order valence-electron chi connectivity index (χ2n) is 6.31. The number of carbonyl (C=O) groups excluding carboxylic acids is 1. The van der Waals surface area contributed by atoms with Gasteiger partial charge in [-0.15, -0.1) is 0 Å². The molecule has 1 N–H and O–H groups in total. The first kappa shape index (κ1) is 18.0. The molecule has 0 atom stereocenters. The minimum Gasteiger partial charge on any atom is -0.496 e. The zero-order valence-electron chi connectivity index (χ0n) is 14.0. The highest BCUT2D eigenvalue weighted by Gasteiger charge is 2.19. The highest BCUT2D eigenvalue weighted by atomic mass is 35.5. The van der Waals surface area contributed by atoms with E-state index in [-0.39, 0.29) is 5.91 Å². The third-order valence-corrected chi connectivity index (χ3v) is 5.19. The van der Waals surface area contributed by atoms with Crippen LogP contribution in [-0.4, -0.2) is 18.0 Å². The summed E-state index contributed by atoms with van der Waals surface area (Å²) in [6.07, 6.45) is 8.87. The van der Waals surface area contributed by atoms with E-state index < -0.39 is 0 Å². The Kier molecular flexibility index (Phi) is 5.82. The molecule has 0 saturated heterocycles. The first-order valence-electron chi connectivity index (χ1n) is 8.35. The number of anilines is 1. The third kappa shape index (κ3) is 4.25. The van der Waals surface area contributed by atoms with E-state index in [2.05, 4.69) is 10.3 Å². The van der Waals surface area contributed by atoms with Gasteiger partial charge in [0.2, 0.25) is 0 Å². The third-order valence-electron chi connectivity index (χ3n) is 4.62. The van der Waals surface area contributed by atoms with Gasteiger partial charge in [0.05, 0.1) is 22.8 Å². The smallest absolute Gasteiger partial charge is 0.255 e. The molecule has 0 unspecified atom stereocenters. The Morgan fingerprint density at radius 2 is 1.92 bits per heavy atom. The van der Waals surface area contributed by atoms with Gasteiger partial charge in [-0.3, -0.25) is 9.78 Å². The summed E-state index contributed by atoms with van der Waals surface area (Å²) in [6.45, 7) is 0. The Labute approximate surface area is 157 Å². The molecule has 3 rings (SSSR count). The molecule has 1 aromatic carbocycles. The van der Waals surface area contributed by atoms with Crippen molar-refractivity contribution >= 4 is 34.8 Å². The van der Waals surface area contributed by atoms with Crippen LogP contribution in [0.1, 0.15) is 41.6 Å². The number of amides is 1. The molecule has 1 heterocycles. The summed E-state index contributed by atoms with van der Waals surface area (Å²) in [5.74, 6) is 1.23. The molecular weight excluding hydrogens is 359 g/mol. The number of carbonyl (C=O) groups is 1. The molecule has 0 bridgehead atoms. The van der Waals surface area contributed by atoms with Crippen molar-refractivity contribution in [3.63, 3.8) is 0 Å². The first-order valence-corrected chi connectivity index (χ1v) is 9.11. The number of rotatable bonds is 5. The van der Waals surface area contributed by atoms with Crippen molar-refractivity contribution in [2.75, 3.05) is 12.4 Å². The summed E-state index contributed by atoms with van der Waals surface area (Å²) in [7, 11) is 1.66. The highest BCUT2D eigenvalue weighted by molar-refractivity contribution is 6.39. The summed E-state index contributed by atoms with van der Waals surface area (Å²) in [6, 6.07) is 5.49. The molecule has 1 saturated carbocycles. The molecule has 0 radical (unpaired) electrons. The maximum Gasteiger partial charge on any atom is 0.255 e. The van der Waals surface area contributed by atoms with E-state index >= 15 is 0 Å². The fraction of sp³-hybridized carbons (Fsp3) is 0.368. The van der Waals surface area contributed by atoms with Gasteiger partial charge in [0.1, 0.15) is 5.75 Å². The second-order valence-corrected chi connectivity index (χ2v) is 7.13. The molecular formula is C19H20Cl2N2O2. The van der Waals surface area contributed by atoms with E-state index in [1.165, 1.54) is 38.1 Å². The standard InChI is InChI=1S/C19H20Cl2N2O2/c1-25-17-7-6-13(9-14(17)8-12-4-2-3-5-12)19(24)23-18-15(20)10-22-11-16(18)21/h6-7,9-12H,2-5,8H2,1H3,(H,22,23,24). The van der Waals surface area contributed by atoms with Gasteiger partial charge in [0, 0.05) is 18.0 Å². The monoisotopic (exact) mass is 378 g/mol. The fourth-order valence-electron chi connectivity index (χ4n) is 3.32. The van der Waals surface area contributed by atoms with Crippen molar-refractivity contribution in [2.45, 2.75) is 32.1 Å². The van der Waals surface area contributed by atoms with E-state index in [4.69, 9.17) is 27.9 Å². The maximum absolute atomic E-state index is 12.6. The number of aromatic nitrogens is 1. The molecule has 0 aliphatic heterocycles. The molecule has 6 heteroatoms. The van der Waals surface area contributed by atoms with Crippen LogP contribution < -0.4 is 10.1 Å².